The van der Waals surface area contributed by atoms with Crippen molar-refractivity contribution in [3.05, 3.63) is 41.1 Å². The molecule has 0 radical (unpaired) electrons. The highest BCUT2D eigenvalue weighted by Gasteiger charge is 2.40. The van der Waals surface area contributed by atoms with Crippen LogP contribution < -0.4 is 5.32 Å². The minimum atomic E-state index is 0.0928. The van der Waals surface area contributed by atoms with Crippen molar-refractivity contribution in [2.75, 3.05) is 52.1 Å². The van der Waals surface area contributed by atoms with Crippen molar-refractivity contribution < 1.29 is 4.79 Å². The van der Waals surface area contributed by atoms with E-state index in [4.69, 9.17) is 0 Å². The second-order valence-electron chi connectivity index (χ2n) is 9.01. The van der Waals surface area contributed by atoms with Crippen molar-refractivity contribution >= 4 is 11.6 Å². The van der Waals surface area contributed by atoms with Gasteiger partial charge >= 0.3 is 0 Å². The second-order valence-corrected chi connectivity index (χ2v) is 9.01. The first kappa shape index (κ1) is 20.2. The maximum Gasteiger partial charge on any atom is 0.219 e. The molecule has 2 unspecified atom stereocenters. The molecule has 0 bridgehead atoms. The molecule has 158 valence electrons. The lowest BCUT2D eigenvalue weighted by Crippen LogP contribution is -2.47. The van der Waals surface area contributed by atoms with Crippen LogP contribution in [0.3, 0.4) is 0 Å². The van der Waals surface area contributed by atoms with Crippen LogP contribution in [0.4, 0.5) is 5.69 Å². The lowest BCUT2D eigenvalue weighted by Gasteiger charge is -2.38. The number of hydrazine groups is 1. The van der Waals surface area contributed by atoms with Crippen LogP contribution in [0.25, 0.3) is 0 Å². The van der Waals surface area contributed by atoms with Gasteiger partial charge in [-0.15, -0.1) is 0 Å². The molecule has 1 aromatic carbocycles. The largest absolute Gasteiger partial charge is 0.365 e. The molecule has 0 spiro atoms. The van der Waals surface area contributed by atoms with Gasteiger partial charge in [-0.25, -0.2) is 0 Å². The van der Waals surface area contributed by atoms with E-state index in [9.17, 15) is 4.79 Å². The fourth-order valence-electron chi connectivity index (χ4n) is 5.12. The number of aryl methyl sites for hydroxylation is 1. The molecule has 3 aliphatic rings. The van der Waals surface area contributed by atoms with Gasteiger partial charge in [-0.05, 0) is 57.0 Å². The Morgan fingerprint density at radius 3 is 2.79 bits per heavy atom. The topological polar surface area (TPSA) is 42.1 Å². The first-order valence-electron chi connectivity index (χ1n) is 10.9. The maximum absolute atomic E-state index is 12.1. The molecule has 1 N–H and O–H groups in total. The molecule has 0 saturated carbocycles. The van der Waals surface area contributed by atoms with Crippen molar-refractivity contribution in [3.8, 4) is 0 Å². The molecular formula is C23H35N5O. The van der Waals surface area contributed by atoms with Gasteiger partial charge in [0.2, 0.25) is 5.91 Å². The molecule has 3 aliphatic heterocycles. The first-order valence-corrected chi connectivity index (χ1v) is 10.9. The fourth-order valence-corrected chi connectivity index (χ4v) is 5.12. The Kier molecular flexibility index (Phi) is 5.83. The Morgan fingerprint density at radius 1 is 1.24 bits per heavy atom. The number of likely N-dealkylation sites (N-methyl/N-ethyl adjacent to an activating group) is 1. The predicted octanol–water partition coefficient (Wildman–Crippen LogP) is 2.74. The molecule has 1 saturated heterocycles. The number of nitrogens with one attached hydrogen (secondary N) is 1. The number of rotatable bonds is 4. The van der Waals surface area contributed by atoms with E-state index in [2.05, 4.69) is 65.5 Å². The summed E-state index contributed by atoms with van der Waals surface area (Å²) in [4.78, 5) is 16.5. The SMILES string of the molecule is CC(=O)N1CCC2=C(C1)C(Nc1cccc(C)c1)N(C)N2CC1CCCN(C)C1. The molecule has 3 heterocycles. The van der Waals surface area contributed by atoms with Crippen molar-refractivity contribution in [3.63, 3.8) is 0 Å². The van der Waals surface area contributed by atoms with E-state index in [1.54, 1.807) is 6.92 Å². The zero-order valence-corrected chi connectivity index (χ0v) is 18.3. The number of nitrogens with zero attached hydrogens (tertiary/aromatic N) is 4. The molecule has 4 rings (SSSR count). The summed E-state index contributed by atoms with van der Waals surface area (Å²) in [5.41, 5.74) is 5.15. The van der Waals surface area contributed by atoms with Gasteiger partial charge in [0.05, 0.1) is 0 Å². The predicted molar refractivity (Wildman–Crippen MR) is 117 cm³/mol. The summed E-state index contributed by atoms with van der Waals surface area (Å²) in [6.07, 6.45) is 3.62. The van der Waals surface area contributed by atoms with E-state index in [0.29, 0.717) is 5.92 Å². The number of carbonyl (C=O) groups excluding carboxylic acids is 1. The Hall–Kier alpha value is -2.05. The smallest absolute Gasteiger partial charge is 0.219 e. The molecule has 2 atom stereocenters. The molecule has 0 aliphatic carbocycles. The minimum Gasteiger partial charge on any atom is -0.365 e. The summed E-state index contributed by atoms with van der Waals surface area (Å²) in [6.45, 7) is 8.79. The van der Waals surface area contributed by atoms with Crippen LogP contribution in [0, 0.1) is 12.8 Å². The summed E-state index contributed by atoms with van der Waals surface area (Å²) < 4.78 is 0. The summed E-state index contributed by atoms with van der Waals surface area (Å²) >= 11 is 0. The van der Waals surface area contributed by atoms with Gasteiger partial charge in [0.25, 0.3) is 0 Å². The Labute approximate surface area is 175 Å². The number of carbonyl (C=O) groups is 1. The van der Waals surface area contributed by atoms with E-state index < -0.39 is 0 Å². The van der Waals surface area contributed by atoms with Gasteiger partial charge in [0, 0.05) is 63.5 Å². The molecule has 6 nitrogen and oxygen atoms in total. The van der Waals surface area contributed by atoms with Gasteiger partial charge in [0.15, 0.2) is 0 Å². The van der Waals surface area contributed by atoms with Crippen LogP contribution in [0.5, 0.6) is 0 Å². The molecular weight excluding hydrogens is 362 g/mol. The van der Waals surface area contributed by atoms with E-state index in [1.165, 1.54) is 42.8 Å². The van der Waals surface area contributed by atoms with Gasteiger partial charge in [-0.3, -0.25) is 4.79 Å². The summed E-state index contributed by atoms with van der Waals surface area (Å²) in [7, 11) is 4.43. The van der Waals surface area contributed by atoms with E-state index in [0.717, 1.165) is 31.7 Å². The molecule has 0 aromatic heterocycles. The lowest BCUT2D eigenvalue weighted by molar-refractivity contribution is -0.128. The van der Waals surface area contributed by atoms with Crippen LogP contribution in [0.1, 0.15) is 31.7 Å². The van der Waals surface area contributed by atoms with E-state index >= 15 is 0 Å². The number of hydrogen-bond donors (Lipinski definition) is 1. The number of anilines is 1. The zero-order valence-electron chi connectivity index (χ0n) is 18.3. The van der Waals surface area contributed by atoms with Crippen molar-refractivity contribution in [2.24, 2.45) is 5.92 Å². The molecule has 1 fully saturated rings. The normalized spacial score (nSPS) is 26.1. The highest BCUT2D eigenvalue weighted by Crippen LogP contribution is 2.36. The van der Waals surface area contributed by atoms with Crippen LogP contribution >= 0.6 is 0 Å². The number of amides is 1. The van der Waals surface area contributed by atoms with Crippen LogP contribution in [0.15, 0.2) is 35.5 Å². The quantitative estimate of drug-likeness (QED) is 0.846. The summed E-state index contributed by atoms with van der Waals surface area (Å²) in [6, 6.07) is 8.54. The molecule has 29 heavy (non-hydrogen) atoms. The number of benzene rings is 1. The third kappa shape index (κ3) is 4.28. The van der Waals surface area contributed by atoms with Gasteiger partial charge in [-0.2, -0.15) is 5.01 Å². The third-order valence-electron chi connectivity index (χ3n) is 6.67. The zero-order chi connectivity index (χ0) is 20.5. The van der Waals surface area contributed by atoms with E-state index in [-0.39, 0.29) is 12.1 Å². The number of piperidine rings is 1. The highest BCUT2D eigenvalue weighted by molar-refractivity contribution is 5.74. The Morgan fingerprint density at radius 2 is 2.07 bits per heavy atom. The Bertz CT molecular complexity index is 791. The van der Waals surface area contributed by atoms with Gasteiger partial charge < -0.3 is 20.1 Å². The van der Waals surface area contributed by atoms with Crippen LogP contribution in [-0.2, 0) is 4.79 Å². The highest BCUT2D eigenvalue weighted by atomic mass is 16.2. The monoisotopic (exact) mass is 397 g/mol. The van der Waals surface area contributed by atoms with Gasteiger partial charge in [0.1, 0.15) is 6.17 Å². The minimum absolute atomic E-state index is 0.0928. The van der Waals surface area contributed by atoms with E-state index in [1.807, 2.05) is 4.90 Å². The summed E-state index contributed by atoms with van der Waals surface area (Å²) in [5, 5.41) is 8.61. The fraction of sp³-hybridized carbons (Fsp3) is 0.609. The van der Waals surface area contributed by atoms with Crippen molar-refractivity contribution in [2.45, 2.75) is 39.3 Å². The van der Waals surface area contributed by atoms with Crippen LogP contribution in [-0.4, -0.2) is 78.7 Å². The first-order chi connectivity index (χ1) is 13.9. The molecule has 6 heteroatoms. The lowest BCUT2D eigenvalue weighted by atomic mass is 9.97. The molecule has 1 amide bonds. The van der Waals surface area contributed by atoms with Crippen molar-refractivity contribution in [1.82, 2.24) is 19.8 Å². The second kappa shape index (κ2) is 8.36. The average molecular weight is 398 g/mol. The van der Waals surface area contributed by atoms with Gasteiger partial charge in [-0.1, -0.05) is 12.1 Å². The average Bonchev–Trinajstić information content (AvgIpc) is 2.93. The third-order valence-corrected chi connectivity index (χ3v) is 6.67. The number of likely N-dealkylation sites (tertiary alicyclic amines) is 1. The Balaban J connectivity index is 1.58. The summed E-state index contributed by atoms with van der Waals surface area (Å²) in [5.74, 6) is 0.856. The van der Waals surface area contributed by atoms with Crippen molar-refractivity contribution in [1.29, 1.82) is 0 Å². The number of hydrogen-bond acceptors (Lipinski definition) is 5. The van der Waals surface area contributed by atoms with Crippen LogP contribution in [0.2, 0.25) is 0 Å². The molecule has 1 aromatic rings. The standard InChI is InChI=1S/C23H35N5O/c1-17-7-5-9-20(13-17)24-23-21-16-27(18(2)29)12-10-22(21)28(26(23)4)15-19-8-6-11-25(3)14-19/h5,7,9,13,19,23-24H,6,8,10-12,14-16H2,1-4H3. The maximum atomic E-state index is 12.1.